The second-order valence-corrected chi connectivity index (χ2v) is 6.43. The second-order valence-electron chi connectivity index (χ2n) is 6.43. The maximum atomic E-state index is 13.0. The highest BCUT2D eigenvalue weighted by Crippen LogP contribution is 2.39. The van der Waals surface area contributed by atoms with Crippen LogP contribution in [0.2, 0.25) is 0 Å². The van der Waals surface area contributed by atoms with E-state index < -0.39 is 5.97 Å². The minimum atomic E-state index is -0.877. The van der Waals surface area contributed by atoms with Crippen molar-refractivity contribution in [1.29, 1.82) is 0 Å². The number of Topliss-reactive ketones (excluding diaryl/α,β-unsaturated/α-hetero) is 1. The molecular weight excluding hydrogens is 318 g/mol. The summed E-state index contributed by atoms with van der Waals surface area (Å²) < 4.78 is 1.66. The van der Waals surface area contributed by atoms with Gasteiger partial charge in [0.15, 0.2) is 5.78 Å². The lowest BCUT2D eigenvalue weighted by atomic mass is 9.91. The number of carboxylic acid groups (broad SMARTS) is 1. The number of aromatic nitrogens is 1. The molecule has 1 aromatic heterocycles. The maximum Gasteiger partial charge on any atom is 0.303 e. The van der Waals surface area contributed by atoms with Crippen LogP contribution in [0, 0.1) is 0 Å². The van der Waals surface area contributed by atoms with Gasteiger partial charge in [-0.05, 0) is 17.5 Å². The molecule has 1 N–H and O–H groups in total. The number of hydrogen-bond acceptors (Lipinski definition) is 3. The first-order valence-corrected chi connectivity index (χ1v) is 8.37. The molecule has 5 nitrogen and oxygen atoms in total. The monoisotopic (exact) mass is 335 g/mol. The van der Waals surface area contributed by atoms with Crippen molar-refractivity contribution in [2.75, 3.05) is 0 Å². The van der Waals surface area contributed by atoms with Crippen molar-refractivity contribution in [1.82, 2.24) is 4.57 Å². The summed E-state index contributed by atoms with van der Waals surface area (Å²) >= 11 is 0. The summed E-state index contributed by atoms with van der Waals surface area (Å²) in [5.41, 5.74) is 4.54. The number of fused-ring (bicyclic) bond motifs is 5. The van der Waals surface area contributed by atoms with E-state index in [4.69, 9.17) is 5.11 Å². The number of allylic oxidation sites excluding steroid dienone is 1. The summed E-state index contributed by atoms with van der Waals surface area (Å²) in [6, 6.07) is 7.84. The molecule has 2 aliphatic carbocycles. The Morgan fingerprint density at radius 2 is 2.00 bits per heavy atom. The van der Waals surface area contributed by atoms with E-state index in [9.17, 15) is 14.4 Å². The standard InChI is InChI=1S/C20H17NO4/c22-16-8-3-7-14-18(16)15-11-12-5-1-2-6-13(12)19(15)21(20(14)25)10-4-9-17(23)24/h1-3,5-7H,4,8-11H2,(H,23,24). The Balaban J connectivity index is 1.95. The van der Waals surface area contributed by atoms with Gasteiger partial charge in [-0.3, -0.25) is 14.4 Å². The van der Waals surface area contributed by atoms with Crippen LogP contribution in [0.25, 0.3) is 17.3 Å². The van der Waals surface area contributed by atoms with Gasteiger partial charge < -0.3 is 9.67 Å². The normalized spacial score (nSPS) is 14.2. The summed E-state index contributed by atoms with van der Waals surface area (Å²) in [6.45, 7) is 0.330. The molecule has 0 bridgehead atoms. The molecule has 0 unspecified atom stereocenters. The van der Waals surface area contributed by atoms with Gasteiger partial charge in [-0.2, -0.15) is 0 Å². The Hall–Kier alpha value is -2.95. The SMILES string of the molecule is O=C(O)CCCn1c2c(c3c(c1=O)C=CCC3=O)Cc1ccccc1-2. The zero-order valence-corrected chi connectivity index (χ0v) is 13.6. The van der Waals surface area contributed by atoms with Crippen molar-refractivity contribution >= 4 is 17.8 Å². The van der Waals surface area contributed by atoms with Gasteiger partial charge in [0.25, 0.3) is 5.56 Å². The van der Waals surface area contributed by atoms with E-state index in [1.165, 1.54) is 0 Å². The van der Waals surface area contributed by atoms with Crippen LogP contribution in [0.1, 0.15) is 46.3 Å². The predicted octanol–water partition coefficient (Wildman–Crippen LogP) is 2.88. The van der Waals surface area contributed by atoms with Crippen molar-refractivity contribution in [3.05, 3.63) is 62.9 Å². The lowest BCUT2D eigenvalue weighted by molar-refractivity contribution is -0.137. The average Bonchev–Trinajstić information content (AvgIpc) is 2.96. The highest BCUT2D eigenvalue weighted by Gasteiger charge is 2.31. The molecule has 0 aliphatic heterocycles. The van der Waals surface area contributed by atoms with Gasteiger partial charge in [-0.15, -0.1) is 0 Å². The van der Waals surface area contributed by atoms with Crippen LogP contribution in [0.15, 0.2) is 35.1 Å². The fourth-order valence-electron chi connectivity index (χ4n) is 3.83. The lowest BCUT2D eigenvalue weighted by Crippen LogP contribution is -2.29. The third-order valence-corrected chi connectivity index (χ3v) is 4.88. The molecule has 0 atom stereocenters. The van der Waals surface area contributed by atoms with Gasteiger partial charge in [0, 0.05) is 36.9 Å². The molecule has 0 amide bonds. The van der Waals surface area contributed by atoms with Gasteiger partial charge in [0.05, 0.1) is 11.3 Å². The van der Waals surface area contributed by atoms with E-state index in [-0.39, 0.29) is 17.8 Å². The molecule has 0 saturated heterocycles. The minimum Gasteiger partial charge on any atom is -0.481 e. The third kappa shape index (κ3) is 2.43. The van der Waals surface area contributed by atoms with Gasteiger partial charge in [-0.1, -0.05) is 36.4 Å². The molecule has 0 saturated carbocycles. The maximum absolute atomic E-state index is 13.0. The molecule has 25 heavy (non-hydrogen) atoms. The zero-order valence-electron chi connectivity index (χ0n) is 13.6. The zero-order chi connectivity index (χ0) is 17.6. The van der Waals surface area contributed by atoms with Crippen molar-refractivity contribution < 1.29 is 14.7 Å². The summed E-state index contributed by atoms with van der Waals surface area (Å²) in [5.74, 6) is -0.894. The van der Waals surface area contributed by atoms with Crippen molar-refractivity contribution in [2.45, 2.75) is 32.2 Å². The molecule has 0 spiro atoms. The summed E-state index contributed by atoms with van der Waals surface area (Å²) in [5, 5.41) is 8.90. The highest BCUT2D eigenvalue weighted by atomic mass is 16.4. The summed E-state index contributed by atoms with van der Waals surface area (Å²) in [4.78, 5) is 36.3. The molecule has 5 heteroatoms. The molecule has 2 aliphatic rings. The molecule has 1 heterocycles. The van der Waals surface area contributed by atoms with E-state index >= 15 is 0 Å². The van der Waals surface area contributed by atoms with E-state index in [0.29, 0.717) is 36.9 Å². The number of carboxylic acids is 1. The van der Waals surface area contributed by atoms with Crippen LogP contribution < -0.4 is 5.56 Å². The van der Waals surface area contributed by atoms with E-state index in [1.807, 2.05) is 24.3 Å². The molecule has 4 rings (SSSR count). The number of carbonyl (C=O) groups is 2. The topological polar surface area (TPSA) is 76.4 Å². The van der Waals surface area contributed by atoms with Gasteiger partial charge >= 0.3 is 5.97 Å². The Labute approximate surface area is 144 Å². The van der Waals surface area contributed by atoms with Gasteiger partial charge in [0.1, 0.15) is 0 Å². The highest BCUT2D eigenvalue weighted by molar-refractivity contribution is 6.05. The van der Waals surface area contributed by atoms with Crippen LogP contribution in [0.4, 0.5) is 0 Å². The van der Waals surface area contributed by atoms with Crippen molar-refractivity contribution in [2.24, 2.45) is 0 Å². The fourth-order valence-corrected chi connectivity index (χ4v) is 3.83. The Morgan fingerprint density at radius 3 is 2.80 bits per heavy atom. The second kappa shape index (κ2) is 5.84. The van der Waals surface area contributed by atoms with Crippen LogP contribution >= 0.6 is 0 Å². The number of ketones is 1. The minimum absolute atomic E-state index is 0.00865. The number of nitrogens with zero attached hydrogens (tertiary/aromatic N) is 1. The Bertz CT molecular complexity index is 997. The number of benzene rings is 1. The van der Waals surface area contributed by atoms with Crippen molar-refractivity contribution in [3.63, 3.8) is 0 Å². The van der Waals surface area contributed by atoms with Gasteiger partial charge in [-0.25, -0.2) is 0 Å². The van der Waals surface area contributed by atoms with Crippen molar-refractivity contribution in [3.8, 4) is 11.3 Å². The first kappa shape index (κ1) is 15.6. The van der Waals surface area contributed by atoms with E-state index in [0.717, 1.165) is 22.4 Å². The van der Waals surface area contributed by atoms with Crippen LogP contribution in [0.5, 0.6) is 0 Å². The molecule has 2 aromatic rings. The Kier molecular flexibility index (Phi) is 3.64. The smallest absolute Gasteiger partial charge is 0.303 e. The molecule has 0 radical (unpaired) electrons. The van der Waals surface area contributed by atoms with E-state index in [2.05, 4.69) is 0 Å². The summed E-state index contributed by atoms with van der Waals surface area (Å²) in [6.07, 6.45) is 4.79. The molecular formula is C20H17NO4. The average molecular weight is 335 g/mol. The number of pyridine rings is 1. The first-order valence-electron chi connectivity index (χ1n) is 8.37. The fraction of sp³-hybridized carbons (Fsp3) is 0.250. The molecule has 126 valence electrons. The van der Waals surface area contributed by atoms with Crippen LogP contribution in [-0.2, 0) is 17.8 Å². The number of carbonyl (C=O) groups excluding carboxylic acids is 1. The first-order chi connectivity index (χ1) is 12.1. The molecule has 1 aromatic carbocycles. The van der Waals surface area contributed by atoms with Gasteiger partial charge in [0.2, 0.25) is 0 Å². The van der Waals surface area contributed by atoms with Crippen LogP contribution in [0.3, 0.4) is 0 Å². The molecule has 0 fully saturated rings. The van der Waals surface area contributed by atoms with E-state index in [1.54, 1.807) is 16.7 Å². The largest absolute Gasteiger partial charge is 0.481 e. The lowest BCUT2D eigenvalue weighted by Gasteiger charge is -2.19. The predicted molar refractivity (Wildman–Crippen MR) is 93.8 cm³/mol. The number of rotatable bonds is 4. The number of hydrogen-bond donors (Lipinski definition) is 1. The Morgan fingerprint density at radius 1 is 1.20 bits per heavy atom. The quantitative estimate of drug-likeness (QED) is 0.795. The summed E-state index contributed by atoms with van der Waals surface area (Å²) in [7, 11) is 0. The number of aliphatic carboxylic acids is 1. The third-order valence-electron chi connectivity index (χ3n) is 4.88. The van der Waals surface area contributed by atoms with Crippen LogP contribution in [-0.4, -0.2) is 21.4 Å².